The zero-order valence-electron chi connectivity index (χ0n) is 19.5. The average molecular weight is 449 g/mol. The van der Waals surface area contributed by atoms with Crippen molar-refractivity contribution in [3.8, 4) is 17.2 Å². The maximum atomic E-state index is 13.5. The van der Waals surface area contributed by atoms with E-state index in [-0.39, 0.29) is 12.5 Å². The minimum absolute atomic E-state index is 0.105. The van der Waals surface area contributed by atoms with Gasteiger partial charge >= 0.3 is 0 Å². The maximum absolute atomic E-state index is 13.5. The first-order chi connectivity index (χ1) is 15.9. The smallest absolute Gasteiger partial charge is 0.249 e. The first kappa shape index (κ1) is 22.3. The van der Waals surface area contributed by atoms with Crippen molar-refractivity contribution in [2.75, 3.05) is 26.2 Å². The summed E-state index contributed by atoms with van der Waals surface area (Å²) in [5, 5.41) is 5.30. The second kappa shape index (κ2) is 9.28. The van der Waals surface area contributed by atoms with Gasteiger partial charge in [0.05, 0.1) is 33.6 Å². The molecule has 0 saturated carbocycles. The van der Waals surface area contributed by atoms with E-state index in [0.29, 0.717) is 29.5 Å². The minimum atomic E-state index is -0.114. The van der Waals surface area contributed by atoms with Crippen LogP contribution in [-0.4, -0.2) is 41.6 Å². The molecule has 0 atom stereocenters. The van der Waals surface area contributed by atoms with Crippen LogP contribution in [0.3, 0.4) is 0 Å². The highest BCUT2D eigenvalue weighted by Crippen LogP contribution is 2.41. The molecule has 0 saturated heterocycles. The third-order valence-corrected chi connectivity index (χ3v) is 5.68. The Kier molecular flexibility index (Phi) is 6.26. The number of hydrogen-bond donors (Lipinski definition) is 0. The number of carbonyl (C=O) groups excluding carboxylic acids is 1. The quantitative estimate of drug-likeness (QED) is 0.408. The number of anilines is 1. The van der Waals surface area contributed by atoms with Crippen LogP contribution >= 0.6 is 0 Å². The number of hydrogen-bond acceptors (Lipinski definition) is 5. The standard InChI is InChI=1S/C25H28N4O4/c1-17-7-8-20-18(14-27(2)21(20)11-17)15-29(24(30)16-28-10-6-9-26-28)19-12-22(31-3)25(33-5)23(13-19)32-4/h6-14H,15-16H2,1-5H3. The molecule has 4 aromatic rings. The molecule has 0 N–H and O–H groups in total. The summed E-state index contributed by atoms with van der Waals surface area (Å²) < 4.78 is 20.2. The van der Waals surface area contributed by atoms with Gasteiger partial charge in [0.25, 0.3) is 0 Å². The van der Waals surface area contributed by atoms with Gasteiger partial charge in [-0.3, -0.25) is 9.48 Å². The van der Waals surface area contributed by atoms with Crippen molar-refractivity contribution < 1.29 is 19.0 Å². The van der Waals surface area contributed by atoms with E-state index in [4.69, 9.17) is 14.2 Å². The van der Waals surface area contributed by atoms with E-state index in [1.807, 2.05) is 7.05 Å². The van der Waals surface area contributed by atoms with Crippen LogP contribution in [0, 0.1) is 6.92 Å². The van der Waals surface area contributed by atoms with Gasteiger partial charge in [-0.2, -0.15) is 5.10 Å². The SMILES string of the molecule is COc1cc(N(Cc2cn(C)c3cc(C)ccc23)C(=O)Cn2cccn2)cc(OC)c1OC. The molecular weight excluding hydrogens is 420 g/mol. The average Bonchev–Trinajstić information content (AvgIpc) is 3.43. The number of benzene rings is 2. The van der Waals surface area contributed by atoms with E-state index in [0.717, 1.165) is 16.5 Å². The molecule has 2 heterocycles. The number of methoxy groups -OCH3 is 3. The molecule has 0 fully saturated rings. The molecule has 8 heteroatoms. The fraction of sp³-hybridized carbons (Fsp3) is 0.280. The number of aryl methyl sites for hydroxylation is 2. The summed E-state index contributed by atoms with van der Waals surface area (Å²) >= 11 is 0. The largest absolute Gasteiger partial charge is 0.493 e. The van der Waals surface area contributed by atoms with Crippen LogP contribution in [0.4, 0.5) is 5.69 Å². The topological polar surface area (TPSA) is 70.8 Å². The number of carbonyl (C=O) groups is 1. The van der Waals surface area contributed by atoms with Crippen LogP contribution in [-0.2, 0) is 24.9 Å². The van der Waals surface area contributed by atoms with E-state index in [2.05, 4.69) is 41.0 Å². The van der Waals surface area contributed by atoms with Gasteiger partial charge in [-0.05, 0) is 30.2 Å². The number of ether oxygens (including phenoxy) is 3. The molecule has 8 nitrogen and oxygen atoms in total. The Morgan fingerprint density at radius 3 is 2.39 bits per heavy atom. The van der Waals surface area contributed by atoms with Gasteiger partial charge in [0.1, 0.15) is 6.54 Å². The number of aromatic nitrogens is 3. The van der Waals surface area contributed by atoms with Crippen LogP contribution < -0.4 is 19.1 Å². The Hall–Kier alpha value is -3.94. The van der Waals surface area contributed by atoms with Crippen molar-refractivity contribution in [3.63, 3.8) is 0 Å². The third kappa shape index (κ3) is 4.37. The Balaban J connectivity index is 1.80. The molecule has 172 valence electrons. The van der Waals surface area contributed by atoms with Gasteiger partial charge in [0.15, 0.2) is 11.5 Å². The highest BCUT2D eigenvalue weighted by atomic mass is 16.5. The van der Waals surface area contributed by atoms with Gasteiger partial charge in [0.2, 0.25) is 11.7 Å². The monoisotopic (exact) mass is 448 g/mol. The van der Waals surface area contributed by atoms with E-state index >= 15 is 0 Å². The molecule has 2 aromatic heterocycles. The molecule has 0 aliphatic rings. The van der Waals surface area contributed by atoms with Gasteiger partial charge in [-0.1, -0.05) is 12.1 Å². The van der Waals surface area contributed by atoms with Crippen molar-refractivity contribution in [2.24, 2.45) is 7.05 Å². The highest BCUT2D eigenvalue weighted by molar-refractivity contribution is 5.95. The zero-order valence-corrected chi connectivity index (χ0v) is 19.5. The van der Waals surface area contributed by atoms with E-state index in [9.17, 15) is 4.79 Å². The lowest BCUT2D eigenvalue weighted by molar-refractivity contribution is -0.119. The fourth-order valence-corrected chi connectivity index (χ4v) is 4.04. The van der Waals surface area contributed by atoms with Crippen molar-refractivity contribution in [1.29, 1.82) is 0 Å². The van der Waals surface area contributed by atoms with E-state index in [1.165, 1.54) is 5.56 Å². The Labute approximate surface area is 192 Å². The Bertz CT molecular complexity index is 1250. The maximum Gasteiger partial charge on any atom is 0.249 e. The van der Waals surface area contributed by atoms with Crippen molar-refractivity contribution in [1.82, 2.24) is 14.3 Å². The second-order valence-corrected chi connectivity index (χ2v) is 7.85. The third-order valence-electron chi connectivity index (χ3n) is 5.68. The second-order valence-electron chi connectivity index (χ2n) is 7.85. The Morgan fingerprint density at radius 1 is 1.06 bits per heavy atom. The molecule has 0 spiro atoms. The summed E-state index contributed by atoms with van der Waals surface area (Å²) in [4.78, 5) is 15.2. The van der Waals surface area contributed by atoms with Gasteiger partial charge in [-0.15, -0.1) is 0 Å². The summed E-state index contributed by atoms with van der Waals surface area (Å²) in [6, 6.07) is 11.7. The number of nitrogens with zero attached hydrogens (tertiary/aromatic N) is 4. The molecule has 0 aliphatic heterocycles. The van der Waals surface area contributed by atoms with Crippen LogP contribution in [0.2, 0.25) is 0 Å². The minimum Gasteiger partial charge on any atom is -0.493 e. The Morgan fingerprint density at radius 2 is 1.79 bits per heavy atom. The van der Waals surface area contributed by atoms with Gasteiger partial charge in [0, 0.05) is 48.7 Å². The summed E-state index contributed by atoms with van der Waals surface area (Å²) in [5.41, 5.74) is 3.99. The molecule has 0 bridgehead atoms. The van der Waals surface area contributed by atoms with Crippen molar-refractivity contribution in [3.05, 3.63) is 66.1 Å². The fourth-order valence-electron chi connectivity index (χ4n) is 4.04. The molecule has 4 rings (SSSR count). The molecule has 33 heavy (non-hydrogen) atoms. The van der Waals surface area contributed by atoms with Crippen LogP contribution in [0.5, 0.6) is 17.2 Å². The zero-order chi connectivity index (χ0) is 23.5. The normalized spacial score (nSPS) is 10.9. The highest BCUT2D eigenvalue weighted by Gasteiger charge is 2.23. The summed E-state index contributed by atoms with van der Waals surface area (Å²) in [7, 11) is 6.69. The molecule has 0 aliphatic carbocycles. The lowest BCUT2D eigenvalue weighted by Gasteiger charge is -2.25. The molecule has 2 aromatic carbocycles. The predicted octanol–water partition coefficient (Wildman–Crippen LogP) is 3.94. The first-order valence-electron chi connectivity index (χ1n) is 10.6. The lowest BCUT2D eigenvalue weighted by atomic mass is 10.1. The van der Waals surface area contributed by atoms with E-state index in [1.54, 1.807) is 61.5 Å². The number of amides is 1. The summed E-state index contributed by atoms with van der Waals surface area (Å²) in [6.07, 6.45) is 5.49. The molecular formula is C25H28N4O4. The van der Waals surface area contributed by atoms with Gasteiger partial charge < -0.3 is 23.7 Å². The van der Waals surface area contributed by atoms with E-state index < -0.39 is 0 Å². The predicted molar refractivity (Wildman–Crippen MR) is 127 cm³/mol. The van der Waals surface area contributed by atoms with Gasteiger partial charge in [-0.25, -0.2) is 0 Å². The van der Waals surface area contributed by atoms with Crippen molar-refractivity contribution in [2.45, 2.75) is 20.0 Å². The summed E-state index contributed by atoms with van der Waals surface area (Å²) in [5.74, 6) is 1.33. The number of rotatable bonds is 8. The molecule has 0 radical (unpaired) electrons. The van der Waals surface area contributed by atoms with Crippen LogP contribution in [0.25, 0.3) is 10.9 Å². The summed E-state index contributed by atoms with van der Waals surface area (Å²) in [6.45, 7) is 2.55. The van der Waals surface area contributed by atoms with Crippen molar-refractivity contribution >= 4 is 22.5 Å². The lowest BCUT2D eigenvalue weighted by Crippen LogP contribution is -2.33. The number of fused-ring (bicyclic) bond motifs is 1. The van der Waals surface area contributed by atoms with Crippen LogP contribution in [0.1, 0.15) is 11.1 Å². The first-order valence-corrected chi connectivity index (χ1v) is 10.6. The molecule has 0 unspecified atom stereocenters. The molecule has 1 amide bonds. The van der Waals surface area contributed by atoms with Crippen LogP contribution in [0.15, 0.2) is 55.0 Å².